The molecule has 3 N–H and O–H groups in total. The standard InChI is InChI=1S/C26H15F4N3O5/c27-10-2-8-14(4-12(10)29)32-6-7-1-16(34)23(35)26(38-7)33-15-5-13(30)11(28)3-9(15)18-20-19(24(36)31-25(20)37)17(8)21(32)22(18)33/h2-5,7,16,23,26,34-35H,1,6H2,(H,31,36,37). The van der Waals surface area contributed by atoms with Gasteiger partial charge in [-0.2, -0.15) is 0 Å². The van der Waals surface area contributed by atoms with E-state index in [4.69, 9.17) is 4.74 Å². The van der Waals surface area contributed by atoms with E-state index in [1.54, 1.807) is 4.57 Å². The number of carbonyl (C=O) groups is 2. The number of fused-ring (bicyclic) bond motifs is 12. The van der Waals surface area contributed by atoms with Gasteiger partial charge >= 0.3 is 0 Å². The highest BCUT2D eigenvalue weighted by Gasteiger charge is 2.44. The van der Waals surface area contributed by atoms with Gasteiger partial charge in [-0.15, -0.1) is 0 Å². The summed E-state index contributed by atoms with van der Waals surface area (Å²) in [5, 5.41) is 24.3. The number of hydrogen-bond donors (Lipinski definition) is 3. The molecular weight excluding hydrogens is 510 g/mol. The van der Waals surface area contributed by atoms with Crippen molar-refractivity contribution >= 4 is 55.4 Å². The average molecular weight is 525 g/mol. The van der Waals surface area contributed by atoms with Crippen molar-refractivity contribution in [2.24, 2.45) is 0 Å². The molecule has 8 nitrogen and oxygen atoms in total. The zero-order valence-electron chi connectivity index (χ0n) is 19.1. The fourth-order valence-electron chi connectivity index (χ4n) is 6.49. The SMILES string of the molecule is O=C1NC(=O)c2c1c1c3cc(F)c(F)cc3n3c1c1c2c2cc(F)c(F)cc2n1C1OC(CC(O)C1O)C3. The summed E-state index contributed by atoms with van der Waals surface area (Å²) >= 11 is 0. The van der Waals surface area contributed by atoms with Gasteiger partial charge in [-0.3, -0.25) is 14.9 Å². The smallest absolute Gasteiger partial charge is 0.259 e. The van der Waals surface area contributed by atoms with Gasteiger partial charge in [0.2, 0.25) is 0 Å². The number of benzene rings is 3. The molecule has 12 heteroatoms. The number of halogens is 4. The summed E-state index contributed by atoms with van der Waals surface area (Å²) in [5.41, 5.74) is 0.438. The molecule has 38 heavy (non-hydrogen) atoms. The number of aromatic nitrogens is 2. The summed E-state index contributed by atoms with van der Waals surface area (Å²) in [4.78, 5) is 26.3. The second kappa shape index (κ2) is 6.90. The molecular formula is C26H15F4N3O5. The maximum atomic E-state index is 14.6. The van der Waals surface area contributed by atoms with Crippen LogP contribution in [-0.4, -0.2) is 49.5 Å². The number of imide groups is 1. The van der Waals surface area contributed by atoms with Gasteiger partial charge in [0.05, 0.1) is 45.4 Å². The molecule has 2 bridgehead atoms. The Morgan fingerprint density at radius 2 is 1.37 bits per heavy atom. The van der Waals surface area contributed by atoms with Crippen LogP contribution in [-0.2, 0) is 11.3 Å². The third-order valence-corrected chi connectivity index (χ3v) is 7.97. The molecule has 1 fully saturated rings. The fourth-order valence-corrected chi connectivity index (χ4v) is 6.49. The first kappa shape index (κ1) is 22.0. The summed E-state index contributed by atoms with van der Waals surface area (Å²) in [6, 6.07) is 3.68. The first-order chi connectivity index (χ1) is 18.2. The Balaban J connectivity index is 1.74. The quantitative estimate of drug-likeness (QED) is 0.213. The predicted molar refractivity (Wildman–Crippen MR) is 125 cm³/mol. The van der Waals surface area contributed by atoms with Gasteiger partial charge in [-0.1, -0.05) is 0 Å². The van der Waals surface area contributed by atoms with Crippen LogP contribution in [0, 0.1) is 23.3 Å². The van der Waals surface area contributed by atoms with Crippen molar-refractivity contribution in [3.63, 3.8) is 0 Å². The van der Waals surface area contributed by atoms with Crippen LogP contribution >= 0.6 is 0 Å². The molecule has 192 valence electrons. The molecule has 1 saturated heterocycles. The van der Waals surface area contributed by atoms with E-state index in [-0.39, 0.29) is 67.7 Å². The van der Waals surface area contributed by atoms with E-state index in [9.17, 15) is 37.4 Å². The van der Waals surface area contributed by atoms with Gasteiger partial charge in [0.25, 0.3) is 11.8 Å². The number of amides is 2. The van der Waals surface area contributed by atoms with Gasteiger partial charge in [0.1, 0.15) is 6.10 Å². The maximum Gasteiger partial charge on any atom is 0.259 e. The topological polar surface area (TPSA) is 106 Å². The Kier molecular flexibility index (Phi) is 4.00. The predicted octanol–water partition coefficient (Wildman–Crippen LogP) is 3.37. The monoisotopic (exact) mass is 525 g/mol. The van der Waals surface area contributed by atoms with E-state index in [0.29, 0.717) is 0 Å². The molecule has 0 saturated carbocycles. The Morgan fingerprint density at radius 1 is 0.816 bits per heavy atom. The lowest BCUT2D eigenvalue weighted by Gasteiger charge is -2.40. The lowest BCUT2D eigenvalue weighted by molar-refractivity contribution is -0.198. The normalized spacial score (nSPS) is 24.6. The number of aliphatic hydroxyl groups is 2. The number of rotatable bonds is 0. The first-order valence-corrected chi connectivity index (χ1v) is 11.8. The highest BCUT2D eigenvalue weighted by molar-refractivity contribution is 6.39. The number of ether oxygens (including phenoxy) is 1. The molecule has 5 heterocycles. The Hall–Kier alpha value is -4.00. The number of nitrogens with one attached hydrogen (secondary N) is 1. The number of carbonyl (C=O) groups excluding carboxylic acids is 2. The Labute approximate surface area is 208 Å². The highest BCUT2D eigenvalue weighted by Crippen LogP contribution is 2.49. The van der Waals surface area contributed by atoms with Crippen LogP contribution in [0.1, 0.15) is 33.4 Å². The van der Waals surface area contributed by atoms with Crippen molar-refractivity contribution in [3.8, 4) is 0 Å². The lowest BCUT2D eigenvalue weighted by Crippen LogP contribution is -2.47. The molecule has 2 aromatic heterocycles. The minimum Gasteiger partial charge on any atom is -0.390 e. The number of aliphatic hydroxyl groups excluding tert-OH is 2. The molecule has 0 radical (unpaired) electrons. The molecule has 3 aliphatic rings. The molecule has 5 aromatic rings. The zero-order chi connectivity index (χ0) is 26.4. The van der Waals surface area contributed by atoms with Gasteiger partial charge in [-0.05, 0) is 12.1 Å². The van der Waals surface area contributed by atoms with Crippen LogP contribution < -0.4 is 5.32 Å². The van der Waals surface area contributed by atoms with Crippen LogP contribution in [0.3, 0.4) is 0 Å². The van der Waals surface area contributed by atoms with Crippen molar-refractivity contribution in [1.82, 2.24) is 14.5 Å². The molecule has 4 unspecified atom stereocenters. The molecule has 8 rings (SSSR count). The summed E-state index contributed by atoms with van der Waals surface area (Å²) in [6.45, 7) is 0.0129. The van der Waals surface area contributed by atoms with Crippen LogP contribution in [0.2, 0.25) is 0 Å². The Bertz CT molecular complexity index is 1980. The average Bonchev–Trinajstić information content (AvgIpc) is 3.43. The van der Waals surface area contributed by atoms with Crippen molar-refractivity contribution in [1.29, 1.82) is 0 Å². The molecule has 0 aliphatic carbocycles. The van der Waals surface area contributed by atoms with Crippen LogP contribution in [0.25, 0.3) is 43.6 Å². The first-order valence-electron chi connectivity index (χ1n) is 11.8. The Morgan fingerprint density at radius 3 is 2.03 bits per heavy atom. The molecule has 3 aromatic carbocycles. The third kappa shape index (κ3) is 2.45. The lowest BCUT2D eigenvalue weighted by atomic mass is 9.96. The zero-order valence-corrected chi connectivity index (χ0v) is 19.1. The number of hydrogen-bond acceptors (Lipinski definition) is 5. The molecule has 4 atom stereocenters. The van der Waals surface area contributed by atoms with Crippen molar-refractivity contribution < 1.29 is 42.1 Å². The van der Waals surface area contributed by atoms with Crippen LogP contribution in [0.5, 0.6) is 0 Å². The summed E-state index contributed by atoms with van der Waals surface area (Å²) in [6.07, 6.45) is -4.77. The molecule has 2 amide bonds. The second-order valence-electron chi connectivity index (χ2n) is 9.97. The van der Waals surface area contributed by atoms with Gasteiger partial charge in [0.15, 0.2) is 29.5 Å². The summed E-state index contributed by atoms with van der Waals surface area (Å²) < 4.78 is 67.4. The van der Waals surface area contributed by atoms with E-state index in [1.165, 1.54) is 4.57 Å². The third-order valence-electron chi connectivity index (χ3n) is 7.97. The van der Waals surface area contributed by atoms with Gasteiger partial charge in [0, 0.05) is 46.6 Å². The number of nitrogens with zero attached hydrogens (tertiary/aromatic N) is 2. The van der Waals surface area contributed by atoms with Crippen LogP contribution in [0.15, 0.2) is 24.3 Å². The summed E-state index contributed by atoms with van der Waals surface area (Å²) in [7, 11) is 0. The second-order valence-corrected chi connectivity index (χ2v) is 9.97. The fraction of sp³-hybridized carbons (Fsp3) is 0.231. The van der Waals surface area contributed by atoms with E-state index in [1.807, 2.05) is 0 Å². The van der Waals surface area contributed by atoms with E-state index < -0.39 is 59.6 Å². The largest absolute Gasteiger partial charge is 0.390 e. The summed E-state index contributed by atoms with van der Waals surface area (Å²) in [5.74, 6) is -6.31. The minimum absolute atomic E-state index is 0.00686. The van der Waals surface area contributed by atoms with Gasteiger partial charge < -0.3 is 24.1 Å². The maximum absolute atomic E-state index is 14.6. The highest BCUT2D eigenvalue weighted by atomic mass is 19.2. The van der Waals surface area contributed by atoms with Gasteiger partial charge in [-0.25, -0.2) is 17.6 Å². The van der Waals surface area contributed by atoms with Crippen molar-refractivity contribution in [2.75, 3.05) is 0 Å². The van der Waals surface area contributed by atoms with Crippen molar-refractivity contribution in [3.05, 3.63) is 58.7 Å². The molecule has 0 spiro atoms. The minimum atomic E-state index is -1.48. The molecule has 3 aliphatic heterocycles. The van der Waals surface area contributed by atoms with Crippen LogP contribution in [0.4, 0.5) is 17.6 Å². The van der Waals surface area contributed by atoms with E-state index >= 15 is 0 Å². The van der Waals surface area contributed by atoms with E-state index in [0.717, 1.165) is 24.3 Å². The van der Waals surface area contributed by atoms with E-state index in [2.05, 4.69) is 5.32 Å². The van der Waals surface area contributed by atoms with Crippen molar-refractivity contribution in [2.45, 2.75) is 37.5 Å².